The summed E-state index contributed by atoms with van der Waals surface area (Å²) in [4.78, 5) is 40.7. The molecule has 8 nitrogen and oxygen atoms in total. The highest BCUT2D eigenvalue weighted by molar-refractivity contribution is 6.30. The highest BCUT2D eigenvalue weighted by Crippen LogP contribution is 2.21. The van der Waals surface area contributed by atoms with E-state index in [0.717, 1.165) is 11.3 Å². The minimum atomic E-state index is -0.716. The van der Waals surface area contributed by atoms with Gasteiger partial charge in [-0.1, -0.05) is 41.9 Å². The lowest BCUT2D eigenvalue weighted by atomic mass is 10.0. The van der Waals surface area contributed by atoms with Crippen LogP contribution in [0, 0.1) is 10.1 Å². The molecule has 1 fully saturated rings. The third kappa shape index (κ3) is 6.16. The van der Waals surface area contributed by atoms with Crippen LogP contribution in [-0.4, -0.2) is 53.9 Å². The number of nitro benzene ring substituents is 1. The number of piperazine rings is 1. The molecule has 1 N–H and O–H groups in total. The van der Waals surface area contributed by atoms with Crippen LogP contribution < -0.4 is 10.2 Å². The van der Waals surface area contributed by atoms with E-state index in [1.165, 1.54) is 12.1 Å². The third-order valence-electron chi connectivity index (χ3n) is 6.01. The lowest BCUT2D eigenvalue weighted by molar-refractivity contribution is -0.384. The van der Waals surface area contributed by atoms with Crippen LogP contribution in [0.3, 0.4) is 0 Å². The number of carbonyl (C=O) groups excluding carboxylic acids is 2. The van der Waals surface area contributed by atoms with Crippen molar-refractivity contribution in [2.24, 2.45) is 0 Å². The summed E-state index contributed by atoms with van der Waals surface area (Å²) in [5.41, 5.74) is 2.30. The van der Waals surface area contributed by atoms with Crippen LogP contribution in [0.4, 0.5) is 11.4 Å². The van der Waals surface area contributed by atoms with Crippen LogP contribution in [-0.2, 0) is 11.2 Å². The number of nitrogens with one attached hydrogen (secondary N) is 1. The summed E-state index contributed by atoms with van der Waals surface area (Å²) in [7, 11) is 0. The van der Waals surface area contributed by atoms with E-state index < -0.39 is 11.0 Å². The smallest absolute Gasteiger partial charge is 0.269 e. The molecule has 180 valence electrons. The number of nitrogens with zero attached hydrogens (tertiary/aromatic N) is 3. The summed E-state index contributed by atoms with van der Waals surface area (Å²) in [6.45, 7) is 2.15. The van der Waals surface area contributed by atoms with Crippen molar-refractivity contribution in [2.75, 3.05) is 31.1 Å². The van der Waals surface area contributed by atoms with E-state index in [1.807, 2.05) is 30.3 Å². The summed E-state index contributed by atoms with van der Waals surface area (Å²) in [5, 5.41) is 14.3. The predicted octanol–water partition coefficient (Wildman–Crippen LogP) is 3.94. The molecule has 0 bridgehead atoms. The fourth-order valence-electron chi connectivity index (χ4n) is 4.08. The molecule has 1 aliphatic rings. The highest BCUT2D eigenvalue weighted by atomic mass is 35.5. The van der Waals surface area contributed by atoms with Crippen molar-refractivity contribution in [3.05, 3.63) is 105 Å². The Hall–Kier alpha value is -3.91. The van der Waals surface area contributed by atoms with Crippen LogP contribution in [0.5, 0.6) is 0 Å². The van der Waals surface area contributed by atoms with Crippen molar-refractivity contribution in [1.29, 1.82) is 0 Å². The van der Waals surface area contributed by atoms with Gasteiger partial charge in [-0.3, -0.25) is 19.7 Å². The molecule has 1 heterocycles. The van der Waals surface area contributed by atoms with E-state index in [-0.39, 0.29) is 17.5 Å². The Balaban J connectivity index is 1.44. The van der Waals surface area contributed by atoms with Gasteiger partial charge in [-0.2, -0.15) is 0 Å². The maximum Gasteiger partial charge on any atom is 0.269 e. The number of non-ortho nitro benzene ring substituents is 1. The third-order valence-corrected chi connectivity index (χ3v) is 6.26. The maximum atomic E-state index is 13.5. The van der Waals surface area contributed by atoms with Gasteiger partial charge in [0.2, 0.25) is 5.91 Å². The molecule has 35 heavy (non-hydrogen) atoms. The first-order valence-electron chi connectivity index (χ1n) is 11.3. The Morgan fingerprint density at radius 2 is 1.54 bits per heavy atom. The molecule has 1 aliphatic heterocycles. The van der Waals surface area contributed by atoms with Gasteiger partial charge in [0.25, 0.3) is 11.6 Å². The van der Waals surface area contributed by atoms with Gasteiger partial charge < -0.3 is 15.1 Å². The second-order valence-electron chi connectivity index (χ2n) is 8.31. The minimum Gasteiger partial charge on any atom is -0.368 e. The van der Waals surface area contributed by atoms with Crippen LogP contribution in [0.2, 0.25) is 5.02 Å². The molecule has 3 aromatic rings. The van der Waals surface area contributed by atoms with Gasteiger partial charge in [-0.15, -0.1) is 0 Å². The number of amides is 2. The minimum absolute atomic E-state index is 0.0442. The second-order valence-corrected chi connectivity index (χ2v) is 8.74. The number of nitro groups is 1. The zero-order valence-corrected chi connectivity index (χ0v) is 19.7. The highest BCUT2D eigenvalue weighted by Gasteiger charge is 2.29. The Bertz CT molecular complexity index is 1180. The zero-order valence-electron chi connectivity index (χ0n) is 19.0. The number of anilines is 1. The fourth-order valence-corrected chi connectivity index (χ4v) is 4.21. The Morgan fingerprint density at radius 3 is 2.14 bits per heavy atom. The number of halogens is 1. The monoisotopic (exact) mass is 492 g/mol. The molecule has 2 amide bonds. The molecule has 0 aliphatic carbocycles. The average molecular weight is 493 g/mol. The Morgan fingerprint density at radius 1 is 0.914 bits per heavy atom. The Labute approximate surface area is 208 Å². The molecule has 1 saturated heterocycles. The SMILES string of the molecule is O=C(NC(Cc1ccccc1)C(=O)N1CCN(c2ccc([N+](=O)[O-])cc2)CC1)c1ccc(Cl)cc1. The van der Waals surface area contributed by atoms with Crippen LogP contribution >= 0.6 is 11.6 Å². The lowest BCUT2D eigenvalue weighted by Crippen LogP contribution is -2.55. The summed E-state index contributed by atoms with van der Waals surface area (Å²) in [6, 6.07) is 21.8. The van der Waals surface area contributed by atoms with E-state index in [9.17, 15) is 19.7 Å². The molecular formula is C26H25ClN4O4. The van der Waals surface area contributed by atoms with Crippen molar-refractivity contribution >= 4 is 34.8 Å². The van der Waals surface area contributed by atoms with Crippen molar-refractivity contribution in [3.8, 4) is 0 Å². The van der Waals surface area contributed by atoms with Crippen molar-refractivity contribution in [3.63, 3.8) is 0 Å². The molecule has 3 aromatic carbocycles. The van der Waals surface area contributed by atoms with Gasteiger partial charge >= 0.3 is 0 Å². The van der Waals surface area contributed by atoms with Crippen LogP contribution in [0.1, 0.15) is 15.9 Å². The number of hydrogen-bond donors (Lipinski definition) is 1. The number of benzene rings is 3. The second kappa shape index (κ2) is 11.0. The number of hydrogen-bond acceptors (Lipinski definition) is 5. The molecule has 0 saturated carbocycles. The number of rotatable bonds is 7. The molecule has 1 unspecified atom stereocenters. The molecule has 0 aromatic heterocycles. The van der Waals surface area contributed by atoms with Crippen molar-refractivity contribution in [2.45, 2.75) is 12.5 Å². The first-order valence-corrected chi connectivity index (χ1v) is 11.7. The Kier molecular flexibility index (Phi) is 7.62. The van der Waals surface area contributed by atoms with Crippen LogP contribution in [0.25, 0.3) is 0 Å². The summed E-state index contributed by atoms with van der Waals surface area (Å²) >= 11 is 5.93. The molecular weight excluding hydrogens is 468 g/mol. The van der Waals surface area contributed by atoms with Crippen molar-refractivity contribution in [1.82, 2.24) is 10.2 Å². The molecule has 9 heteroatoms. The summed E-state index contributed by atoms with van der Waals surface area (Å²) < 4.78 is 0. The quantitative estimate of drug-likeness (QED) is 0.398. The molecule has 0 spiro atoms. The van der Waals surface area contributed by atoms with Crippen LogP contribution in [0.15, 0.2) is 78.9 Å². The van der Waals surface area contributed by atoms with Gasteiger partial charge in [-0.25, -0.2) is 0 Å². The lowest BCUT2D eigenvalue weighted by Gasteiger charge is -2.37. The average Bonchev–Trinajstić information content (AvgIpc) is 2.89. The van der Waals surface area contributed by atoms with E-state index in [2.05, 4.69) is 10.2 Å². The predicted molar refractivity (Wildman–Crippen MR) is 135 cm³/mol. The first-order chi connectivity index (χ1) is 16.9. The standard InChI is InChI=1S/C26H25ClN4O4/c27-21-8-6-20(7-9-21)25(32)28-24(18-19-4-2-1-3-5-19)26(33)30-16-14-29(15-17-30)22-10-12-23(13-11-22)31(34)35/h1-13,24H,14-18H2,(H,28,32). The van der Waals surface area contributed by atoms with Gasteiger partial charge in [0.05, 0.1) is 4.92 Å². The normalized spacial score (nSPS) is 14.3. The summed E-state index contributed by atoms with van der Waals surface area (Å²) in [5.74, 6) is -0.472. The molecule has 0 radical (unpaired) electrons. The van der Waals surface area contributed by atoms with E-state index in [0.29, 0.717) is 43.2 Å². The van der Waals surface area contributed by atoms with E-state index >= 15 is 0 Å². The maximum absolute atomic E-state index is 13.5. The van der Waals surface area contributed by atoms with E-state index in [1.54, 1.807) is 41.3 Å². The van der Waals surface area contributed by atoms with Gasteiger partial charge in [0.15, 0.2) is 0 Å². The summed E-state index contributed by atoms with van der Waals surface area (Å²) in [6.07, 6.45) is 0.377. The topological polar surface area (TPSA) is 95.8 Å². The van der Waals surface area contributed by atoms with Crippen molar-refractivity contribution < 1.29 is 14.5 Å². The number of carbonyl (C=O) groups is 2. The largest absolute Gasteiger partial charge is 0.368 e. The molecule has 4 rings (SSSR count). The zero-order chi connectivity index (χ0) is 24.8. The molecule has 1 atom stereocenters. The fraction of sp³-hybridized carbons (Fsp3) is 0.231. The van der Waals surface area contributed by atoms with Gasteiger partial charge in [0.1, 0.15) is 6.04 Å². The van der Waals surface area contributed by atoms with Gasteiger partial charge in [0, 0.05) is 61.0 Å². The first kappa shape index (κ1) is 24.2. The van der Waals surface area contributed by atoms with E-state index in [4.69, 9.17) is 11.6 Å². The van der Waals surface area contributed by atoms with Gasteiger partial charge in [-0.05, 0) is 42.0 Å².